The van der Waals surface area contributed by atoms with Crippen LogP contribution in [-0.4, -0.2) is 62.5 Å². The van der Waals surface area contributed by atoms with Gasteiger partial charge in [0.25, 0.3) is 5.56 Å². The van der Waals surface area contributed by atoms with Crippen LogP contribution in [0.4, 0.5) is 5.69 Å². The van der Waals surface area contributed by atoms with E-state index in [1.807, 2.05) is 24.3 Å². The van der Waals surface area contributed by atoms with Crippen molar-refractivity contribution in [1.82, 2.24) is 14.2 Å². The Morgan fingerprint density at radius 2 is 1.73 bits per heavy atom. The van der Waals surface area contributed by atoms with E-state index < -0.39 is 15.6 Å². The van der Waals surface area contributed by atoms with E-state index in [2.05, 4.69) is 10.2 Å². The molecule has 0 radical (unpaired) electrons. The van der Waals surface area contributed by atoms with E-state index >= 15 is 0 Å². The molecule has 33 heavy (non-hydrogen) atoms. The van der Waals surface area contributed by atoms with Crippen molar-refractivity contribution in [2.45, 2.75) is 44.2 Å². The smallest absolute Gasteiger partial charge is 0.251 e. The van der Waals surface area contributed by atoms with Crippen LogP contribution in [0.15, 0.2) is 52.3 Å². The molecule has 2 heterocycles. The fraction of sp³-hybridized carbons (Fsp3) is 0.478. The minimum absolute atomic E-state index is 0.00490. The molecule has 1 saturated heterocycles. The summed E-state index contributed by atoms with van der Waals surface area (Å²) in [6, 6.07) is 10.4. The zero-order valence-electron chi connectivity index (χ0n) is 19.4. The second-order valence-corrected chi connectivity index (χ2v) is 9.89. The maximum atomic E-state index is 12.7. The van der Waals surface area contributed by atoms with Crippen LogP contribution in [-0.2, 0) is 21.4 Å². The molecule has 1 aromatic heterocycles. The molecule has 0 saturated carbocycles. The Morgan fingerprint density at radius 3 is 2.30 bits per heavy atom. The SMILES string of the molecule is CCN(CC)S(=O)(=O)c1ccc(=O)n(CC(=O)NC2CCN(c3ccc(OC)cc3)CC2)c1. The van der Waals surface area contributed by atoms with Crippen molar-refractivity contribution in [2.75, 3.05) is 38.2 Å². The van der Waals surface area contributed by atoms with Crippen molar-refractivity contribution < 1.29 is 17.9 Å². The van der Waals surface area contributed by atoms with Crippen LogP contribution in [0, 0.1) is 0 Å². The lowest BCUT2D eigenvalue weighted by molar-refractivity contribution is -0.122. The van der Waals surface area contributed by atoms with E-state index in [1.54, 1.807) is 21.0 Å². The van der Waals surface area contributed by atoms with Crippen LogP contribution < -0.4 is 20.5 Å². The molecule has 3 rings (SSSR count). The normalized spacial score (nSPS) is 15.0. The molecule has 1 aliphatic rings. The molecule has 1 amide bonds. The summed E-state index contributed by atoms with van der Waals surface area (Å²) < 4.78 is 33.1. The van der Waals surface area contributed by atoms with Crippen molar-refractivity contribution in [2.24, 2.45) is 0 Å². The van der Waals surface area contributed by atoms with Crippen LogP contribution in [0.1, 0.15) is 26.7 Å². The summed E-state index contributed by atoms with van der Waals surface area (Å²) in [5, 5.41) is 2.98. The van der Waals surface area contributed by atoms with E-state index in [9.17, 15) is 18.0 Å². The number of nitrogens with one attached hydrogen (secondary N) is 1. The number of nitrogens with zero attached hydrogens (tertiary/aromatic N) is 3. The van der Waals surface area contributed by atoms with Gasteiger partial charge in [0, 0.05) is 50.2 Å². The lowest BCUT2D eigenvalue weighted by Crippen LogP contribution is -2.46. The number of piperidine rings is 1. The number of carbonyl (C=O) groups excluding carboxylic acids is 1. The van der Waals surface area contributed by atoms with E-state index in [4.69, 9.17) is 4.74 Å². The molecular formula is C23H32N4O5S. The molecule has 0 spiro atoms. The predicted molar refractivity (Wildman–Crippen MR) is 127 cm³/mol. The van der Waals surface area contributed by atoms with Gasteiger partial charge in [-0.2, -0.15) is 4.31 Å². The molecule has 1 N–H and O–H groups in total. The number of benzene rings is 1. The molecule has 2 aromatic rings. The number of carbonyl (C=O) groups is 1. The van der Waals surface area contributed by atoms with Crippen LogP contribution in [0.25, 0.3) is 0 Å². The molecule has 0 bridgehead atoms. The third-order valence-electron chi connectivity index (χ3n) is 5.91. The van der Waals surface area contributed by atoms with Gasteiger partial charge in [0.15, 0.2) is 0 Å². The van der Waals surface area contributed by atoms with Crippen molar-refractivity contribution in [3.05, 3.63) is 52.9 Å². The number of anilines is 1. The average Bonchev–Trinajstić information content (AvgIpc) is 2.81. The van der Waals surface area contributed by atoms with Crippen LogP contribution in [0.3, 0.4) is 0 Å². The highest BCUT2D eigenvalue weighted by Crippen LogP contribution is 2.23. The number of hydrogen-bond acceptors (Lipinski definition) is 6. The van der Waals surface area contributed by atoms with E-state index in [0.717, 1.165) is 41.9 Å². The van der Waals surface area contributed by atoms with Crippen molar-refractivity contribution in [1.29, 1.82) is 0 Å². The minimum Gasteiger partial charge on any atom is -0.497 e. The first-order valence-electron chi connectivity index (χ1n) is 11.2. The summed E-state index contributed by atoms with van der Waals surface area (Å²) in [7, 11) is -2.08. The Morgan fingerprint density at radius 1 is 1.09 bits per heavy atom. The zero-order chi connectivity index (χ0) is 24.0. The number of rotatable bonds is 9. The summed E-state index contributed by atoms with van der Waals surface area (Å²) in [6.07, 6.45) is 2.81. The van der Waals surface area contributed by atoms with Gasteiger partial charge in [0.2, 0.25) is 15.9 Å². The molecule has 10 heteroatoms. The second-order valence-electron chi connectivity index (χ2n) is 7.95. The number of aromatic nitrogens is 1. The van der Waals surface area contributed by atoms with Gasteiger partial charge in [0.1, 0.15) is 12.3 Å². The number of ether oxygens (including phenoxy) is 1. The van der Waals surface area contributed by atoms with Gasteiger partial charge in [-0.05, 0) is 43.2 Å². The van der Waals surface area contributed by atoms with E-state index in [-0.39, 0.29) is 23.4 Å². The van der Waals surface area contributed by atoms with Gasteiger partial charge in [-0.15, -0.1) is 0 Å². The van der Waals surface area contributed by atoms with Crippen molar-refractivity contribution in [3.63, 3.8) is 0 Å². The molecule has 9 nitrogen and oxygen atoms in total. The van der Waals surface area contributed by atoms with Crippen molar-refractivity contribution >= 4 is 21.6 Å². The minimum atomic E-state index is -3.71. The molecule has 1 fully saturated rings. The Labute approximate surface area is 195 Å². The lowest BCUT2D eigenvalue weighted by Gasteiger charge is -2.34. The fourth-order valence-electron chi connectivity index (χ4n) is 4.00. The zero-order valence-corrected chi connectivity index (χ0v) is 20.2. The molecule has 0 unspecified atom stereocenters. The first-order valence-corrected chi connectivity index (χ1v) is 12.6. The topological polar surface area (TPSA) is 101 Å². The highest BCUT2D eigenvalue weighted by Gasteiger charge is 2.24. The number of sulfonamides is 1. The first kappa shape index (κ1) is 24.8. The lowest BCUT2D eigenvalue weighted by atomic mass is 10.0. The van der Waals surface area contributed by atoms with Gasteiger partial charge in [-0.25, -0.2) is 8.42 Å². The number of hydrogen-bond donors (Lipinski definition) is 1. The largest absolute Gasteiger partial charge is 0.497 e. The van der Waals surface area contributed by atoms with Gasteiger partial charge in [0.05, 0.1) is 12.0 Å². The van der Waals surface area contributed by atoms with Gasteiger partial charge < -0.3 is 19.5 Å². The molecule has 1 aromatic carbocycles. The number of amides is 1. The summed E-state index contributed by atoms with van der Waals surface area (Å²) in [6.45, 7) is 5.54. The fourth-order valence-corrected chi connectivity index (χ4v) is 5.48. The molecule has 0 atom stereocenters. The van der Waals surface area contributed by atoms with Gasteiger partial charge in [-0.1, -0.05) is 13.8 Å². The maximum absolute atomic E-state index is 12.7. The quantitative estimate of drug-likeness (QED) is 0.591. The molecule has 1 aliphatic heterocycles. The Bertz CT molecular complexity index is 1100. The highest BCUT2D eigenvalue weighted by atomic mass is 32.2. The predicted octanol–water partition coefficient (Wildman–Crippen LogP) is 1.67. The molecule has 180 valence electrons. The Hall–Kier alpha value is -2.85. The van der Waals surface area contributed by atoms with Gasteiger partial charge >= 0.3 is 0 Å². The number of methoxy groups -OCH3 is 1. The Kier molecular flexibility index (Phi) is 8.15. The average molecular weight is 477 g/mol. The summed E-state index contributed by atoms with van der Waals surface area (Å²) in [4.78, 5) is 27.1. The standard InChI is InChI=1S/C23H32N4O5S/c1-4-27(5-2)33(30,31)21-10-11-23(29)26(16-21)17-22(28)24-18-12-14-25(15-13-18)19-6-8-20(32-3)9-7-19/h6-11,16,18H,4-5,12-15,17H2,1-3H3,(H,24,28). The van der Waals surface area contributed by atoms with Crippen LogP contribution in [0.5, 0.6) is 5.75 Å². The van der Waals surface area contributed by atoms with Crippen LogP contribution >= 0.6 is 0 Å². The first-order chi connectivity index (χ1) is 15.8. The molecular weight excluding hydrogens is 444 g/mol. The Balaban J connectivity index is 1.59. The van der Waals surface area contributed by atoms with E-state index in [1.165, 1.54) is 22.6 Å². The van der Waals surface area contributed by atoms with Crippen LogP contribution in [0.2, 0.25) is 0 Å². The summed E-state index contributed by atoms with van der Waals surface area (Å²) in [5.74, 6) is 0.502. The molecule has 0 aliphatic carbocycles. The van der Waals surface area contributed by atoms with Crippen molar-refractivity contribution in [3.8, 4) is 5.75 Å². The number of pyridine rings is 1. The van der Waals surface area contributed by atoms with Gasteiger partial charge in [-0.3, -0.25) is 9.59 Å². The monoisotopic (exact) mass is 476 g/mol. The van der Waals surface area contributed by atoms with E-state index in [0.29, 0.717) is 13.1 Å². The third kappa shape index (κ3) is 5.94. The summed E-state index contributed by atoms with van der Waals surface area (Å²) >= 11 is 0. The maximum Gasteiger partial charge on any atom is 0.251 e. The second kappa shape index (κ2) is 10.8. The highest BCUT2D eigenvalue weighted by molar-refractivity contribution is 7.89. The summed E-state index contributed by atoms with van der Waals surface area (Å²) in [5.41, 5.74) is 0.691. The third-order valence-corrected chi connectivity index (χ3v) is 7.94.